The molecule has 0 saturated carbocycles. The van der Waals surface area contributed by atoms with Crippen LogP contribution < -0.4 is 24.8 Å². The summed E-state index contributed by atoms with van der Waals surface area (Å²) in [5.41, 5.74) is 5.16. The zero-order chi connectivity index (χ0) is 39.7. The van der Waals surface area contributed by atoms with Crippen LogP contribution >= 0.6 is 0 Å². The molecule has 2 unspecified atom stereocenters. The molecular formula is C39H45N7O9S. The smallest absolute Gasteiger partial charge is 0.262 e. The van der Waals surface area contributed by atoms with E-state index in [0.717, 1.165) is 40.0 Å². The molecule has 2 aromatic carbocycles. The number of unbranched alkanes of at least 4 members (excludes halogenated alkanes) is 2. The van der Waals surface area contributed by atoms with Crippen LogP contribution in [0.1, 0.15) is 81.3 Å². The van der Waals surface area contributed by atoms with Gasteiger partial charge in [-0.25, -0.2) is 13.1 Å². The van der Waals surface area contributed by atoms with E-state index in [1.54, 1.807) is 56.8 Å². The number of amides is 4. The van der Waals surface area contributed by atoms with E-state index in [1.165, 1.54) is 0 Å². The molecule has 4 aliphatic heterocycles. The number of hydrogen-bond donors (Lipinski definition) is 4. The van der Waals surface area contributed by atoms with E-state index in [2.05, 4.69) is 20.3 Å². The van der Waals surface area contributed by atoms with Gasteiger partial charge in [-0.15, -0.1) is 0 Å². The topological polar surface area (TPSA) is 200 Å². The first-order chi connectivity index (χ1) is 26.9. The summed E-state index contributed by atoms with van der Waals surface area (Å²) in [4.78, 5) is 58.7. The number of pyridine rings is 1. The molecule has 5 heterocycles. The summed E-state index contributed by atoms with van der Waals surface area (Å²) in [5.74, 6) is -0.970. The van der Waals surface area contributed by atoms with Crippen molar-refractivity contribution in [1.82, 2.24) is 29.7 Å². The predicted molar refractivity (Wildman–Crippen MR) is 205 cm³/mol. The highest BCUT2D eigenvalue weighted by atomic mass is 32.2. The average Bonchev–Trinajstić information content (AvgIpc) is 3.41. The van der Waals surface area contributed by atoms with Crippen LogP contribution in [-0.2, 0) is 26.2 Å². The highest BCUT2D eigenvalue weighted by Gasteiger charge is 2.44. The van der Waals surface area contributed by atoms with Gasteiger partial charge in [0.25, 0.3) is 11.8 Å². The molecule has 2 fully saturated rings. The van der Waals surface area contributed by atoms with Crippen molar-refractivity contribution < 1.29 is 42.2 Å². The van der Waals surface area contributed by atoms with Gasteiger partial charge in [-0.1, -0.05) is 6.42 Å². The maximum atomic E-state index is 13.1. The third-order valence-electron chi connectivity index (χ3n) is 10.7. The number of piperidine rings is 1. The normalized spacial score (nSPS) is 20.0. The fraction of sp³-hybridized carbons (Fsp3) is 0.410. The predicted octanol–water partition coefficient (Wildman–Crippen LogP) is 2.21. The van der Waals surface area contributed by atoms with E-state index in [0.29, 0.717) is 61.9 Å². The van der Waals surface area contributed by atoms with E-state index in [-0.39, 0.29) is 24.0 Å². The number of nitrogens with zero attached hydrogens (tertiary/aromatic N) is 4. The number of rotatable bonds is 15. The van der Waals surface area contributed by atoms with Crippen molar-refractivity contribution in [2.24, 2.45) is 0 Å². The van der Waals surface area contributed by atoms with Crippen molar-refractivity contribution in [2.45, 2.75) is 56.2 Å². The van der Waals surface area contributed by atoms with Crippen molar-refractivity contribution in [3.05, 3.63) is 88.4 Å². The number of fused-ring (bicyclic) bond motifs is 2. The van der Waals surface area contributed by atoms with Gasteiger partial charge in [0.1, 0.15) is 22.8 Å². The van der Waals surface area contributed by atoms with Gasteiger partial charge in [0, 0.05) is 81.6 Å². The summed E-state index contributed by atoms with van der Waals surface area (Å²) in [6, 6.07) is 9.56. The molecule has 0 radical (unpaired) electrons. The molecule has 2 saturated heterocycles. The Balaban J connectivity index is 0.857. The second-order valence-corrected chi connectivity index (χ2v) is 16.4. The van der Waals surface area contributed by atoms with Crippen LogP contribution in [0.2, 0.25) is 0 Å². The quantitative estimate of drug-likeness (QED) is 0.129. The van der Waals surface area contributed by atoms with E-state index in [4.69, 9.17) is 9.47 Å². The number of aliphatic hydroxyl groups excluding tert-OH is 1. The third kappa shape index (κ3) is 7.58. The van der Waals surface area contributed by atoms with Crippen LogP contribution in [0.15, 0.2) is 55.0 Å². The van der Waals surface area contributed by atoms with Crippen LogP contribution in [-0.4, -0.2) is 116 Å². The van der Waals surface area contributed by atoms with E-state index in [9.17, 15) is 32.7 Å². The molecule has 296 valence electrons. The van der Waals surface area contributed by atoms with Gasteiger partial charge in [0.05, 0.1) is 30.9 Å². The Hall–Kier alpha value is -5.36. The number of ether oxygens (including phenoxy) is 2. The van der Waals surface area contributed by atoms with Gasteiger partial charge in [-0.05, 0) is 66.8 Å². The third-order valence-corrected chi connectivity index (χ3v) is 12.5. The highest BCUT2D eigenvalue weighted by Crippen LogP contribution is 2.41. The number of imide groups is 2. The Morgan fingerprint density at radius 3 is 2.36 bits per heavy atom. The van der Waals surface area contributed by atoms with Crippen LogP contribution in [0.4, 0.5) is 5.69 Å². The molecule has 0 spiro atoms. The van der Waals surface area contributed by atoms with Gasteiger partial charge in [-0.3, -0.25) is 39.3 Å². The molecule has 7 rings (SSSR count). The fourth-order valence-corrected chi connectivity index (χ4v) is 9.07. The first-order valence-electron chi connectivity index (χ1n) is 18.5. The molecule has 3 aromatic rings. The van der Waals surface area contributed by atoms with Crippen LogP contribution in [0.25, 0.3) is 5.57 Å². The highest BCUT2D eigenvalue weighted by molar-refractivity contribution is 7.90. The van der Waals surface area contributed by atoms with Gasteiger partial charge in [0.15, 0.2) is 6.23 Å². The fourth-order valence-electron chi connectivity index (χ4n) is 7.59. The number of anilines is 1. The van der Waals surface area contributed by atoms with Crippen LogP contribution in [0, 0.1) is 0 Å². The summed E-state index contributed by atoms with van der Waals surface area (Å²) in [6.07, 6.45) is 6.70. The lowest BCUT2D eigenvalue weighted by Crippen LogP contribution is -2.57. The summed E-state index contributed by atoms with van der Waals surface area (Å²) in [5, 5.41) is 15.6. The molecule has 0 bridgehead atoms. The minimum absolute atomic E-state index is 0.0564. The maximum Gasteiger partial charge on any atom is 0.262 e. The Bertz CT molecular complexity index is 2180. The van der Waals surface area contributed by atoms with E-state index < -0.39 is 51.2 Å². The number of sulfonamides is 1. The largest absolute Gasteiger partial charge is 0.496 e. The number of carbonyl (C=O) groups is 4. The Morgan fingerprint density at radius 1 is 0.929 bits per heavy atom. The van der Waals surface area contributed by atoms with Crippen molar-refractivity contribution in [3.63, 3.8) is 0 Å². The molecule has 56 heavy (non-hydrogen) atoms. The summed E-state index contributed by atoms with van der Waals surface area (Å²) in [6.45, 7) is 2.05. The number of aromatic nitrogens is 1. The molecule has 4 aliphatic rings. The van der Waals surface area contributed by atoms with E-state index >= 15 is 0 Å². The lowest BCUT2D eigenvalue weighted by molar-refractivity contribution is -0.136. The van der Waals surface area contributed by atoms with Gasteiger partial charge in [-0.2, -0.15) is 0 Å². The number of aliphatic hydroxyl groups is 1. The van der Waals surface area contributed by atoms with Crippen molar-refractivity contribution in [1.29, 1.82) is 0 Å². The van der Waals surface area contributed by atoms with Gasteiger partial charge in [0.2, 0.25) is 21.8 Å². The zero-order valence-electron chi connectivity index (χ0n) is 31.4. The molecule has 16 nitrogen and oxygen atoms in total. The van der Waals surface area contributed by atoms with Crippen LogP contribution in [0.3, 0.4) is 0 Å². The standard InChI is InChI=1S/C39H45N7O9S/c1-44-21-30(26-11-14-40-18-29(26)37(44)49)23-15-33(54-2)31(34(16-23)55-3)22-45-19-25(20-45)56(52,53)42-13-6-4-5-12-41-24-7-8-27-28(17-24)39(51)46(38(27)50)32-9-10-35(47)43-36(32)48/h7-8,11,14-18,21,25,32,37,41-42,49H,4-6,9-10,12-13,19-20,22H2,1-3H3,(H,43,47,48). The monoisotopic (exact) mass is 787 g/mol. The van der Waals surface area contributed by atoms with Crippen molar-refractivity contribution >= 4 is 44.9 Å². The maximum absolute atomic E-state index is 13.1. The summed E-state index contributed by atoms with van der Waals surface area (Å²) < 4.78 is 40.5. The van der Waals surface area contributed by atoms with Gasteiger partial charge < -0.3 is 24.8 Å². The number of methoxy groups -OCH3 is 2. The number of hydrogen-bond acceptors (Lipinski definition) is 13. The Kier molecular flexibility index (Phi) is 11.1. The summed E-state index contributed by atoms with van der Waals surface area (Å²) in [7, 11) is 1.45. The van der Waals surface area contributed by atoms with Crippen molar-refractivity contribution in [2.75, 3.05) is 52.8 Å². The average molecular weight is 788 g/mol. The lowest BCUT2D eigenvalue weighted by Gasteiger charge is -2.39. The Morgan fingerprint density at radius 2 is 1.64 bits per heavy atom. The van der Waals surface area contributed by atoms with E-state index in [1.807, 2.05) is 29.3 Å². The molecule has 4 amide bonds. The number of benzene rings is 2. The number of carbonyl (C=O) groups excluding carboxylic acids is 4. The minimum atomic E-state index is -3.52. The molecular weight excluding hydrogens is 743 g/mol. The molecule has 0 aliphatic carbocycles. The second kappa shape index (κ2) is 16.0. The first kappa shape index (κ1) is 38.9. The number of likely N-dealkylation sites (tertiary alicyclic amines) is 1. The number of nitrogens with one attached hydrogen (secondary N) is 3. The first-order valence-corrected chi connectivity index (χ1v) is 20.1. The molecule has 4 N–H and O–H groups in total. The van der Waals surface area contributed by atoms with Crippen molar-refractivity contribution in [3.8, 4) is 11.5 Å². The van der Waals surface area contributed by atoms with Crippen LogP contribution in [0.5, 0.6) is 11.5 Å². The van der Waals surface area contributed by atoms with Gasteiger partial charge >= 0.3 is 0 Å². The summed E-state index contributed by atoms with van der Waals surface area (Å²) >= 11 is 0. The molecule has 1 aromatic heterocycles. The molecule has 17 heteroatoms. The lowest BCUT2D eigenvalue weighted by atomic mass is 9.91. The zero-order valence-corrected chi connectivity index (χ0v) is 32.2. The molecule has 2 atom stereocenters. The SMILES string of the molecule is COc1cc(C2=CN(C)C(O)c3cnccc32)cc(OC)c1CN1CC(S(=O)(=O)NCCCCCNc2ccc3c(c2)C(=O)N(C2CCC(=O)NC2=O)C3=O)C1. The minimum Gasteiger partial charge on any atom is -0.496 e. The Labute approximate surface area is 324 Å². The second-order valence-electron chi connectivity index (χ2n) is 14.4.